The average molecular weight is 469 g/mol. The molecule has 1 heterocycles. The van der Waals surface area contributed by atoms with E-state index in [1.165, 1.54) is 28.8 Å². The van der Waals surface area contributed by atoms with E-state index in [0.29, 0.717) is 37.1 Å². The van der Waals surface area contributed by atoms with E-state index in [4.69, 9.17) is 23.2 Å². The van der Waals surface area contributed by atoms with Crippen molar-refractivity contribution in [1.82, 2.24) is 0 Å². The lowest BCUT2D eigenvalue weighted by Crippen LogP contribution is -2.28. The van der Waals surface area contributed by atoms with Crippen LogP contribution in [0.4, 0.5) is 11.4 Å². The third kappa shape index (κ3) is 4.66. The van der Waals surface area contributed by atoms with Crippen LogP contribution < -0.4 is 4.90 Å². The van der Waals surface area contributed by atoms with Gasteiger partial charge in [-0.3, -0.25) is 9.69 Å². The van der Waals surface area contributed by atoms with E-state index in [0.717, 1.165) is 0 Å². The van der Waals surface area contributed by atoms with Gasteiger partial charge in [-0.15, -0.1) is 0 Å². The summed E-state index contributed by atoms with van der Waals surface area (Å²) in [5.74, 6) is -1.30. The standard InChI is InChI=1S/C23H14Cl2N2O3S/c24-16-10-9-14(19(25)13-16)12-20-21(28)27(18-7-2-1-3-8-18)23(31-20)26-17-6-4-5-15(11-17)22(29)30/h1-13H,(H,29,30)/b20-12-,26-23?. The van der Waals surface area contributed by atoms with Crippen molar-refractivity contribution in [3.63, 3.8) is 0 Å². The molecule has 1 aliphatic heterocycles. The number of rotatable bonds is 4. The molecule has 1 aliphatic rings. The van der Waals surface area contributed by atoms with Crippen molar-refractivity contribution in [1.29, 1.82) is 0 Å². The Kier molecular flexibility index (Phi) is 6.13. The van der Waals surface area contributed by atoms with Gasteiger partial charge in [0.25, 0.3) is 5.91 Å². The Morgan fingerprint density at radius 2 is 1.77 bits per heavy atom. The van der Waals surface area contributed by atoms with Crippen molar-refractivity contribution in [2.45, 2.75) is 0 Å². The summed E-state index contributed by atoms with van der Waals surface area (Å²) in [6, 6.07) is 20.4. The van der Waals surface area contributed by atoms with Crippen LogP contribution in [0.25, 0.3) is 6.08 Å². The molecule has 8 heteroatoms. The maximum atomic E-state index is 13.3. The van der Waals surface area contributed by atoms with E-state index >= 15 is 0 Å². The number of benzene rings is 3. The number of aromatic carboxylic acids is 1. The molecule has 3 aromatic rings. The predicted molar refractivity (Wildman–Crippen MR) is 126 cm³/mol. The van der Waals surface area contributed by atoms with E-state index in [9.17, 15) is 14.7 Å². The number of amidine groups is 1. The van der Waals surface area contributed by atoms with Crippen LogP contribution in [0.2, 0.25) is 10.0 Å². The molecular weight excluding hydrogens is 455 g/mol. The Morgan fingerprint density at radius 3 is 2.48 bits per heavy atom. The van der Waals surface area contributed by atoms with E-state index in [1.54, 1.807) is 48.5 Å². The van der Waals surface area contributed by atoms with Crippen molar-refractivity contribution in [2.24, 2.45) is 4.99 Å². The summed E-state index contributed by atoms with van der Waals surface area (Å²) >= 11 is 13.4. The van der Waals surface area contributed by atoms with Crippen molar-refractivity contribution < 1.29 is 14.7 Å². The number of halogens is 2. The summed E-state index contributed by atoms with van der Waals surface area (Å²) in [4.78, 5) is 31.0. The van der Waals surface area contributed by atoms with Crippen LogP contribution >= 0.6 is 35.0 Å². The van der Waals surface area contributed by atoms with Crippen LogP contribution in [0.5, 0.6) is 0 Å². The number of nitrogens with zero attached hydrogens (tertiary/aromatic N) is 2. The molecule has 5 nitrogen and oxygen atoms in total. The summed E-state index contributed by atoms with van der Waals surface area (Å²) < 4.78 is 0. The van der Waals surface area contributed by atoms with Gasteiger partial charge in [0.15, 0.2) is 5.17 Å². The molecule has 1 saturated heterocycles. The minimum Gasteiger partial charge on any atom is -0.478 e. The molecule has 0 saturated carbocycles. The molecular formula is C23H14Cl2N2O3S. The van der Waals surface area contributed by atoms with Gasteiger partial charge >= 0.3 is 5.97 Å². The summed E-state index contributed by atoms with van der Waals surface area (Å²) in [7, 11) is 0. The topological polar surface area (TPSA) is 70.0 Å². The molecule has 1 amide bonds. The first-order valence-corrected chi connectivity index (χ1v) is 10.7. The molecule has 0 aliphatic carbocycles. The first kappa shape index (κ1) is 21.2. The second-order valence-electron chi connectivity index (χ2n) is 6.50. The van der Waals surface area contributed by atoms with Gasteiger partial charge in [-0.2, -0.15) is 0 Å². The van der Waals surface area contributed by atoms with Crippen LogP contribution in [0, 0.1) is 0 Å². The number of amides is 1. The fourth-order valence-electron chi connectivity index (χ4n) is 2.93. The number of carbonyl (C=O) groups is 2. The molecule has 4 rings (SSSR count). The largest absolute Gasteiger partial charge is 0.478 e. The van der Waals surface area contributed by atoms with Crippen LogP contribution in [0.3, 0.4) is 0 Å². The molecule has 0 spiro atoms. The number of aliphatic imine (C=N–C) groups is 1. The molecule has 0 radical (unpaired) electrons. The minimum atomic E-state index is -1.05. The minimum absolute atomic E-state index is 0.117. The van der Waals surface area contributed by atoms with Gasteiger partial charge in [0, 0.05) is 10.0 Å². The average Bonchev–Trinajstić information content (AvgIpc) is 3.05. The number of hydrogen-bond acceptors (Lipinski definition) is 4. The Balaban J connectivity index is 1.79. The lowest BCUT2D eigenvalue weighted by molar-refractivity contribution is -0.113. The highest BCUT2D eigenvalue weighted by molar-refractivity contribution is 8.19. The zero-order chi connectivity index (χ0) is 22.0. The summed E-state index contributed by atoms with van der Waals surface area (Å²) in [6.45, 7) is 0. The number of carboxylic acid groups (broad SMARTS) is 1. The molecule has 31 heavy (non-hydrogen) atoms. The first-order chi connectivity index (χ1) is 14.9. The van der Waals surface area contributed by atoms with Crippen molar-refractivity contribution >= 4 is 69.5 Å². The van der Waals surface area contributed by atoms with E-state index in [2.05, 4.69) is 4.99 Å². The molecule has 0 aromatic heterocycles. The quantitative estimate of drug-likeness (QED) is 0.443. The molecule has 154 valence electrons. The van der Waals surface area contributed by atoms with Gasteiger partial charge in [-0.05, 0) is 65.9 Å². The van der Waals surface area contributed by atoms with E-state index in [-0.39, 0.29) is 11.5 Å². The predicted octanol–water partition coefficient (Wildman–Crippen LogP) is 6.50. The van der Waals surface area contributed by atoms with E-state index < -0.39 is 5.97 Å². The zero-order valence-electron chi connectivity index (χ0n) is 15.8. The Labute approximate surface area is 192 Å². The zero-order valence-corrected chi connectivity index (χ0v) is 18.2. The molecule has 1 fully saturated rings. The molecule has 3 aromatic carbocycles. The van der Waals surface area contributed by atoms with Gasteiger partial charge in [0.1, 0.15) is 0 Å². The number of anilines is 1. The maximum Gasteiger partial charge on any atom is 0.335 e. The molecule has 0 bridgehead atoms. The SMILES string of the molecule is O=C(O)c1cccc(N=C2S/C(=C\c3ccc(Cl)cc3Cl)C(=O)N2c2ccccc2)c1. The summed E-state index contributed by atoms with van der Waals surface area (Å²) in [5, 5.41) is 10.6. The van der Waals surface area contributed by atoms with Crippen molar-refractivity contribution in [2.75, 3.05) is 4.90 Å². The smallest absolute Gasteiger partial charge is 0.335 e. The van der Waals surface area contributed by atoms with Crippen LogP contribution in [-0.2, 0) is 4.79 Å². The van der Waals surface area contributed by atoms with Gasteiger partial charge in [-0.1, -0.05) is 53.5 Å². The summed E-state index contributed by atoms with van der Waals surface area (Å²) in [5.41, 5.74) is 1.86. The van der Waals surface area contributed by atoms with Gasteiger partial charge in [-0.25, -0.2) is 9.79 Å². The van der Waals surface area contributed by atoms with Gasteiger partial charge in [0.05, 0.1) is 21.8 Å². The van der Waals surface area contributed by atoms with Crippen LogP contribution in [-0.4, -0.2) is 22.2 Å². The summed E-state index contributed by atoms with van der Waals surface area (Å²) in [6.07, 6.45) is 1.69. The lowest BCUT2D eigenvalue weighted by atomic mass is 10.2. The highest BCUT2D eigenvalue weighted by atomic mass is 35.5. The monoisotopic (exact) mass is 468 g/mol. The van der Waals surface area contributed by atoms with E-state index in [1.807, 2.05) is 18.2 Å². The Bertz CT molecular complexity index is 1240. The third-order valence-electron chi connectivity index (χ3n) is 4.39. The van der Waals surface area contributed by atoms with Crippen molar-refractivity contribution in [3.05, 3.63) is 98.9 Å². The second kappa shape index (κ2) is 8.98. The molecule has 0 unspecified atom stereocenters. The first-order valence-electron chi connectivity index (χ1n) is 9.08. The Hall–Kier alpha value is -3.06. The van der Waals surface area contributed by atoms with Crippen LogP contribution in [0.1, 0.15) is 15.9 Å². The highest BCUT2D eigenvalue weighted by Gasteiger charge is 2.34. The van der Waals surface area contributed by atoms with Crippen molar-refractivity contribution in [3.8, 4) is 0 Å². The fraction of sp³-hybridized carbons (Fsp3) is 0. The van der Waals surface area contributed by atoms with Gasteiger partial charge in [0.2, 0.25) is 0 Å². The Morgan fingerprint density at radius 1 is 1.00 bits per heavy atom. The fourth-order valence-corrected chi connectivity index (χ4v) is 4.39. The number of carboxylic acids is 1. The van der Waals surface area contributed by atoms with Crippen LogP contribution in [0.15, 0.2) is 82.7 Å². The molecule has 0 atom stereocenters. The number of carbonyl (C=O) groups excluding carboxylic acids is 1. The lowest BCUT2D eigenvalue weighted by Gasteiger charge is -2.15. The number of hydrogen-bond donors (Lipinski definition) is 1. The maximum absolute atomic E-state index is 13.3. The number of thioether (sulfide) groups is 1. The van der Waals surface area contributed by atoms with Gasteiger partial charge < -0.3 is 5.11 Å². The molecule has 1 N–H and O–H groups in total. The number of para-hydroxylation sites is 1. The highest BCUT2D eigenvalue weighted by Crippen LogP contribution is 2.38. The second-order valence-corrected chi connectivity index (χ2v) is 8.36. The normalized spacial score (nSPS) is 16.3. The third-order valence-corrected chi connectivity index (χ3v) is 5.92.